The van der Waals surface area contributed by atoms with Crippen LogP contribution in [-0.4, -0.2) is 39.6 Å². The summed E-state index contributed by atoms with van der Waals surface area (Å²) in [5, 5.41) is 2.83. The van der Waals surface area contributed by atoms with Crippen LogP contribution in [0.5, 0.6) is 17.2 Å². The highest BCUT2D eigenvalue weighted by molar-refractivity contribution is 7.87. The number of rotatable bonds is 10. The van der Waals surface area contributed by atoms with Crippen molar-refractivity contribution in [3.8, 4) is 17.2 Å². The van der Waals surface area contributed by atoms with Crippen LogP contribution in [0.25, 0.3) is 0 Å². The topological polar surface area (TPSA) is 94.2 Å². The molecule has 210 valence electrons. The zero-order chi connectivity index (χ0) is 28.8. The fourth-order valence-electron chi connectivity index (χ4n) is 3.62. The third-order valence-electron chi connectivity index (χ3n) is 5.89. The predicted molar refractivity (Wildman–Crippen MR) is 140 cm³/mol. The van der Waals surface area contributed by atoms with Gasteiger partial charge in [0.2, 0.25) is 0 Å². The molecule has 39 heavy (non-hydrogen) atoms. The van der Waals surface area contributed by atoms with E-state index in [-0.39, 0.29) is 18.3 Å². The summed E-state index contributed by atoms with van der Waals surface area (Å²) in [6.45, 7) is 3.88. The molecule has 0 aliphatic heterocycles. The number of methoxy groups -OCH3 is 2. The van der Waals surface area contributed by atoms with Gasteiger partial charge in [-0.25, -0.2) is 4.79 Å². The molecule has 3 rings (SSSR count). The zero-order valence-electron chi connectivity index (χ0n) is 21.8. The number of halogens is 3. The normalized spacial score (nSPS) is 12.4. The molecule has 0 saturated heterocycles. The van der Waals surface area contributed by atoms with Gasteiger partial charge in [-0.1, -0.05) is 25.1 Å². The van der Waals surface area contributed by atoms with Gasteiger partial charge in [-0.05, 0) is 49.2 Å². The number of anilines is 1. The Morgan fingerprint density at radius 2 is 1.59 bits per heavy atom. The lowest BCUT2D eigenvalue weighted by molar-refractivity contribution is -0.137. The van der Waals surface area contributed by atoms with Crippen molar-refractivity contribution in [1.82, 2.24) is 4.90 Å². The minimum absolute atomic E-state index is 0.1000. The molecule has 1 atom stereocenters. The van der Waals surface area contributed by atoms with E-state index in [9.17, 15) is 26.4 Å². The van der Waals surface area contributed by atoms with Gasteiger partial charge in [-0.2, -0.15) is 21.6 Å². The van der Waals surface area contributed by atoms with Crippen molar-refractivity contribution >= 4 is 21.8 Å². The lowest BCUT2D eigenvalue weighted by Crippen LogP contribution is -2.40. The van der Waals surface area contributed by atoms with Gasteiger partial charge in [0.05, 0.1) is 19.8 Å². The van der Waals surface area contributed by atoms with Crippen molar-refractivity contribution in [2.75, 3.05) is 19.5 Å². The predicted octanol–water partition coefficient (Wildman–Crippen LogP) is 6.32. The largest absolute Gasteiger partial charge is 0.497 e. The molecule has 0 fully saturated rings. The Kier molecular flexibility index (Phi) is 9.33. The number of hydrogen-bond acceptors (Lipinski definition) is 6. The Morgan fingerprint density at radius 1 is 0.949 bits per heavy atom. The van der Waals surface area contributed by atoms with Crippen LogP contribution in [0.3, 0.4) is 0 Å². The minimum Gasteiger partial charge on any atom is -0.497 e. The maximum absolute atomic E-state index is 13.2. The lowest BCUT2D eigenvalue weighted by atomic mass is 10.1. The molecule has 3 aromatic carbocycles. The van der Waals surface area contributed by atoms with E-state index in [1.54, 1.807) is 29.2 Å². The Hall–Kier alpha value is -3.93. The monoisotopic (exact) mass is 566 g/mol. The molecular formula is C27H29F3N2O6S. The summed E-state index contributed by atoms with van der Waals surface area (Å²) < 4.78 is 80.2. The Bertz CT molecular complexity index is 1390. The summed E-state index contributed by atoms with van der Waals surface area (Å²) in [5.41, 5.74) is -0.107. The first-order chi connectivity index (χ1) is 18.4. The molecule has 0 bridgehead atoms. The van der Waals surface area contributed by atoms with E-state index in [4.69, 9.17) is 13.7 Å². The number of urea groups is 1. The zero-order valence-corrected chi connectivity index (χ0v) is 22.6. The number of carbonyl (C=O) groups is 1. The van der Waals surface area contributed by atoms with E-state index in [1.165, 1.54) is 32.4 Å². The van der Waals surface area contributed by atoms with E-state index in [0.29, 0.717) is 35.2 Å². The molecule has 0 spiro atoms. The average molecular weight is 567 g/mol. The third-order valence-corrected chi connectivity index (χ3v) is 7.14. The first-order valence-corrected chi connectivity index (χ1v) is 13.3. The quantitative estimate of drug-likeness (QED) is 0.289. The molecule has 3 aromatic rings. The molecule has 0 radical (unpaired) electrons. The number of nitrogens with zero attached hydrogens (tertiary/aromatic N) is 1. The first kappa shape index (κ1) is 29.6. The molecule has 0 aliphatic rings. The summed E-state index contributed by atoms with van der Waals surface area (Å²) in [6.07, 6.45) is -4.07. The number of carbonyl (C=O) groups excluding carboxylic acids is 1. The number of nitrogens with one attached hydrogen (secondary N) is 1. The van der Waals surface area contributed by atoms with E-state index in [1.807, 2.05) is 13.8 Å². The maximum Gasteiger partial charge on any atom is 0.416 e. The molecule has 0 heterocycles. The van der Waals surface area contributed by atoms with E-state index >= 15 is 0 Å². The van der Waals surface area contributed by atoms with Crippen LogP contribution in [0.4, 0.5) is 23.7 Å². The highest BCUT2D eigenvalue weighted by Crippen LogP contribution is 2.31. The van der Waals surface area contributed by atoms with Crippen LogP contribution in [-0.2, 0) is 22.8 Å². The van der Waals surface area contributed by atoms with Crippen molar-refractivity contribution in [2.24, 2.45) is 0 Å². The van der Waals surface area contributed by atoms with Crippen molar-refractivity contribution in [2.45, 2.75) is 43.9 Å². The minimum atomic E-state index is -4.71. The second-order valence-electron chi connectivity index (χ2n) is 8.63. The van der Waals surface area contributed by atoms with Gasteiger partial charge in [0, 0.05) is 36.5 Å². The molecule has 2 amide bonds. The number of benzene rings is 3. The Morgan fingerprint density at radius 3 is 2.18 bits per heavy atom. The summed E-state index contributed by atoms with van der Waals surface area (Å²) in [6, 6.07) is 13.6. The third kappa shape index (κ3) is 7.79. The van der Waals surface area contributed by atoms with Gasteiger partial charge in [-0.3, -0.25) is 0 Å². The summed E-state index contributed by atoms with van der Waals surface area (Å²) in [7, 11) is -1.56. The van der Waals surface area contributed by atoms with Gasteiger partial charge in [0.1, 0.15) is 22.1 Å². The van der Waals surface area contributed by atoms with Crippen molar-refractivity contribution in [1.29, 1.82) is 0 Å². The van der Waals surface area contributed by atoms with Crippen LogP contribution in [0, 0.1) is 0 Å². The first-order valence-electron chi connectivity index (χ1n) is 11.9. The smallest absolute Gasteiger partial charge is 0.416 e. The average Bonchev–Trinajstić information content (AvgIpc) is 2.90. The van der Waals surface area contributed by atoms with Gasteiger partial charge in [0.25, 0.3) is 0 Å². The highest BCUT2D eigenvalue weighted by atomic mass is 32.2. The molecule has 1 N–H and O–H groups in total. The summed E-state index contributed by atoms with van der Waals surface area (Å²) in [4.78, 5) is 14.2. The molecule has 12 heteroatoms. The van der Waals surface area contributed by atoms with Gasteiger partial charge >= 0.3 is 22.3 Å². The van der Waals surface area contributed by atoms with E-state index in [2.05, 4.69) is 5.32 Å². The van der Waals surface area contributed by atoms with Crippen molar-refractivity contribution in [3.05, 3.63) is 77.9 Å². The van der Waals surface area contributed by atoms with E-state index in [0.717, 1.165) is 18.2 Å². The van der Waals surface area contributed by atoms with Crippen LogP contribution in [0.15, 0.2) is 71.6 Å². The molecule has 0 unspecified atom stereocenters. The Labute approximate surface area is 225 Å². The van der Waals surface area contributed by atoms with Crippen molar-refractivity contribution in [3.63, 3.8) is 0 Å². The van der Waals surface area contributed by atoms with Gasteiger partial charge in [0.15, 0.2) is 0 Å². The Balaban J connectivity index is 1.82. The number of alkyl halides is 3. The van der Waals surface area contributed by atoms with Crippen LogP contribution in [0.2, 0.25) is 0 Å². The molecule has 0 aromatic heterocycles. The SMILES string of the molecule is CC[C@@H](C)N(Cc1cccc(OS(=O)(=O)c2cccc(C(F)(F)F)c2)c1)C(=O)Nc1cc(OC)cc(OC)c1. The second-order valence-corrected chi connectivity index (χ2v) is 10.2. The maximum atomic E-state index is 13.2. The van der Waals surface area contributed by atoms with E-state index < -0.39 is 32.8 Å². The fourth-order valence-corrected chi connectivity index (χ4v) is 4.59. The lowest BCUT2D eigenvalue weighted by Gasteiger charge is -2.29. The summed E-state index contributed by atoms with van der Waals surface area (Å²) >= 11 is 0. The standard InChI is InChI=1S/C27H29F3N2O6S/c1-5-18(2)32(26(33)31-21-14-23(36-3)16-24(15-21)37-4)17-19-8-6-10-22(12-19)38-39(34,35)25-11-7-9-20(13-25)27(28,29)30/h6-16,18H,5,17H2,1-4H3,(H,31,33)/t18-/m1/s1. The summed E-state index contributed by atoms with van der Waals surface area (Å²) in [5.74, 6) is 0.880. The van der Waals surface area contributed by atoms with Crippen molar-refractivity contribution < 1.29 is 40.0 Å². The van der Waals surface area contributed by atoms with Crippen LogP contribution in [0.1, 0.15) is 31.4 Å². The molecule has 0 saturated carbocycles. The van der Waals surface area contributed by atoms with Gasteiger partial charge in [-0.15, -0.1) is 0 Å². The number of hydrogen-bond donors (Lipinski definition) is 1. The number of ether oxygens (including phenoxy) is 2. The van der Waals surface area contributed by atoms with Gasteiger partial charge < -0.3 is 23.9 Å². The fraction of sp³-hybridized carbons (Fsp3) is 0.296. The second kappa shape index (κ2) is 12.3. The molecular weight excluding hydrogens is 537 g/mol. The molecule has 8 nitrogen and oxygen atoms in total. The van der Waals surface area contributed by atoms with Crippen LogP contribution < -0.4 is 19.0 Å². The highest BCUT2D eigenvalue weighted by Gasteiger charge is 2.32. The number of amides is 2. The molecule has 0 aliphatic carbocycles. The van der Waals surface area contributed by atoms with Crippen LogP contribution >= 0.6 is 0 Å².